The predicted octanol–water partition coefficient (Wildman–Crippen LogP) is 2.51. The standard InChI is InChI=1S/C12H17ClFNO/c1-16-9-8-15(7-6-13)10-11-2-4-12(14)5-3-11/h2-5H,6-10H2,1H3. The van der Waals surface area contributed by atoms with Crippen molar-refractivity contribution in [1.82, 2.24) is 4.90 Å². The number of alkyl halides is 1. The third kappa shape index (κ3) is 4.92. The fourth-order valence-electron chi connectivity index (χ4n) is 1.46. The molecule has 16 heavy (non-hydrogen) atoms. The van der Waals surface area contributed by atoms with Gasteiger partial charge in [0.25, 0.3) is 0 Å². The fraction of sp³-hybridized carbons (Fsp3) is 0.500. The summed E-state index contributed by atoms with van der Waals surface area (Å²) in [5, 5.41) is 0. The molecule has 0 saturated carbocycles. The van der Waals surface area contributed by atoms with Gasteiger partial charge >= 0.3 is 0 Å². The van der Waals surface area contributed by atoms with E-state index < -0.39 is 0 Å². The first-order valence-corrected chi connectivity index (χ1v) is 5.81. The first kappa shape index (κ1) is 13.4. The molecule has 0 radical (unpaired) electrons. The van der Waals surface area contributed by atoms with Gasteiger partial charge in [0.1, 0.15) is 5.82 Å². The summed E-state index contributed by atoms with van der Waals surface area (Å²) in [6, 6.07) is 6.54. The van der Waals surface area contributed by atoms with Gasteiger partial charge in [-0.1, -0.05) is 12.1 Å². The van der Waals surface area contributed by atoms with E-state index in [2.05, 4.69) is 4.90 Å². The van der Waals surface area contributed by atoms with Crippen LogP contribution in [0, 0.1) is 5.82 Å². The second-order valence-electron chi connectivity index (χ2n) is 3.58. The van der Waals surface area contributed by atoms with Crippen molar-refractivity contribution in [1.29, 1.82) is 0 Å². The third-order valence-corrected chi connectivity index (χ3v) is 2.50. The summed E-state index contributed by atoms with van der Waals surface area (Å²) >= 11 is 5.72. The third-order valence-electron chi connectivity index (χ3n) is 2.33. The minimum Gasteiger partial charge on any atom is -0.383 e. The zero-order chi connectivity index (χ0) is 11.8. The van der Waals surface area contributed by atoms with Crippen LogP contribution >= 0.6 is 11.6 Å². The van der Waals surface area contributed by atoms with E-state index in [-0.39, 0.29) is 5.82 Å². The number of halogens is 2. The minimum absolute atomic E-state index is 0.204. The highest BCUT2D eigenvalue weighted by Crippen LogP contribution is 2.06. The van der Waals surface area contributed by atoms with Crippen molar-refractivity contribution in [2.75, 3.05) is 32.7 Å². The van der Waals surface area contributed by atoms with Crippen LogP contribution in [0.4, 0.5) is 4.39 Å². The molecule has 0 bridgehead atoms. The first-order chi connectivity index (χ1) is 7.76. The number of ether oxygens (including phenoxy) is 1. The first-order valence-electron chi connectivity index (χ1n) is 5.28. The largest absolute Gasteiger partial charge is 0.383 e. The highest BCUT2D eigenvalue weighted by molar-refractivity contribution is 6.18. The molecule has 0 spiro atoms. The molecule has 1 aromatic carbocycles. The van der Waals surface area contributed by atoms with Crippen molar-refractivity contribution in [3.63, 3.8) is 0 Å². The van der Waals surface area contributed by atoms with E-state index >= 15 is 0 Å². The van der Waals surface area contributed by atoms with E-state index in [1.54, 1.807) is 19.2 Å². The van der Waals surface area contributed by atoms with Crippen molar-refractivity contribution in [2.45, 2.75) is 6.54 Å². The highest BCUT2D eigenvalue weighted by atomic mass is 35.5. The van der Waals surface area contributed by atoms with Gasteiger partial charge in [-0.3, -0.25) is 4.90 Å². The van der Waals surface area contributed by atoms with Crippen molar-refractivity contribution in [3.05, 3.63) is 35.6 Å². The smallest absolute Gasteiger partial charge is 0.123 e. The molecule has 1 aromatic rings. The summed E-state index contributed by atoms with van der Waals surface area (Å²) in [5.41, 5.74) is 1.09. The van der Waals surface area contributed by atoms with Crippen molar-refractivity contribution in [2.24, 2.45) is 0 Å². The van der Waals surface area contributed by atoms with Crippen LogP contribution in [-0.4, -0.2) is 37.6 Å². The lowest BCUT2D eigenvalue weighted by Crippen LogP contribution is -2.28. The normalized spacial score (nSPS) is 11.0. The maximum Gasteiger partial charge on any atom is 0.123 e. The van der Waals surface area contributed by atoms with Gasteiger partial charge in [0.05, 0.1) is 6.61 Å². The van der Waals surface area contributed by atoms with Crippen molar-refractivity contribution >= 4 is 11.6 Å². The van der Waals surface area contributed by atoms with Crippen LogP contribution < -0.4 is 0 Å². The molecule has 0 amide bonds. The molecule has 0 atom stereocenters. The van der Waals surface area contributed by atoms with Gasteiger partial charge in [-0.15, -0.1) is 11.6 Å². The maximum atomic E-state index is 12.7. The second-order valence-corrected chi connectivity index (χ2v) is 3.96. The fourth-order valence-corrected chi connectivity index (χ4v) is 1.70. The number of benzene rings is 1. The van der Waals surface area contributed by atoms with Gasteiger partial charge in [-0.25, -0.2) is 4.39 Å². The molecule has 0 aliphatic rings. The maximum absolute atomic E-state index is 12.7. The van der Waals surface area contributed by atoms with E-state index in [4.69, 9.17) is 16.3 Å². The van der Waals surface area contributed by atoms with E-state index in [9.17, 15) is 4.39 Å². The van der Waals surface area contributed by atoms with Crippen LogP contribution in [0.5, 0.6) is 0 Å². The van der Waals surface area contributed by atoms with Crippen LogP contribution in [-0.2, 0) is 11.3 Å². The SMILES string of the molecule is COCCN(CCCl)Cc1ccc(F)cc1. The Bertz CT molecular complexity index is 292. The zero-order valence-electron chi connectivity index (χ0n) is 9.46. The zero-order valence-corrected chi connectivity index (χ0v) is 10.2. The lowest BCUT2D eigenvalue weighted by atomic mass is 10.2. The number of nitrogens with zero attached hydrogens (tertiary/aromatic N) is 1. The molecule has 1 rings (SSSR count). The van der Waals surface area contributed by atoms with Gasteiger partial charge in [-0.2, -0.15) is 0 Å². The van der Waals surface area contributed by atoms with Gasteiger partial charge in [0.2, 0.25) is 0 Å². The molecule has 0 aromatic heterocycles. The highest BCUT2D eigenvalue weighted by Gasteiger charge is 2.05. The van der Waals surface area contributed by atoms with Crippen molar-refractivity contribution in [3.8, 4) is 0 Å². The Morgan fingerprint density at radius 1 is 1.25 bits per heavy atom. The monoisotopic (exact) mass is 245 g/mol. The molecule has 0 aliphatic heterocycles. The van der Waals surface area contributed by atoms with Crippen LogP contribution in [0.3, 0.4) is 0 Å². The molecular weight excluding hydrogens is 229 g/mol. The minimum atomic E-state index is -0.204. The molecule has 2 nitrogen and oxygen atoms in total. The Kier molecular flexibility index (Phi) is 6.38. The van der Waals surface area contributed by atoms with E-state index in [1.807, 2.05) is 0 Å². The second kappa shape index (κ2) is 7.60. The Morgan fingerprint density at radius 3 is 2.50 bits per heavy atom. The van der Waals surface area contributed by atoms with E-state index in [0.717, 1.165) is 25.2 Å². The summed E-state index contributed by atoms with van der Waals surface area (Å²) < 4.78 is 17.8. The average molecular weight is 246 g/mol. The van der Waals surface area contributed by atoms with Crippen LogP contribution in [0.1, 0.15) is 5.56 Å². The van der Waals surface area contributed by atoms with Crippen LogP contribution in [0.2, 0.25) is 0 Å². The molecule has 90 valence electrons. The van der Waals surface area contributed by atoms with Gasteiger partial charge in [0.15, 0.2) is 0 Å². The Morgan fingerprint density at radius 2 is 1.94 bits per heavy atom. The molecule has 0 heterocycles. The summed E-state index contributed by atoms with van der Waals surface area (Å²) in [4.78, 5) is 2.18. The molecular formula is C12H17ClFNO. The number of hydrogen-bond acceptors (Lipinski definition) is 2. The summed E-state index contributed by atoms with van der Waals surface area (Å²) in [6.07, 6.45) is 0. The number of hydrogen-bond donors (Lipinski definition) is 0. The molecule has 0 aliphatic carbocycles. The molecule has 0 unspecified atom stereocenters. The number of rotatable bonds is 7. The Hall–Kier alpha value is -0.640. The van der Waals surface area contributed by atoms with E-state index in [0.29, 0.717) is 12.5 Å². The molecule has 0 N–H and O–H groups in total. The molecule has 4 heteroatoms. The summed E-state index contributed by atoms with van der Waals surface area (Å²) in [5.74, 6) is 0.384. The van der Waals surface area contributed by atoms with Crippen molar-refractivity contribution < 1.29 is 9.13 Å². The topological polar surface area (TPSA) is 12.5 Å². The molecule has 0 saturated heterocycles. The van der Waals surface area contributed by atoms with Crippen LogP contribution in [0.15, 0.2) is 24.3 Å². The number of methoxy groups -OCH3 is 1. The van der Waals surface area contributed by atoms with E-state index in [1.165, 1.54) is 12.1 Å². The quantitative estimate of drug-likeness (QED) is 0.685. The van der Waals surface area contributed by atoms with Gasteiger partial charge in [0, 0.05) is 32.6 Å². The predicted molar refractivity (Wildman–Crippen MR) is 64.3 cm³/mol. The lowest BCUT2D eigenvalue weighted by Gasteiger charge is -2.20. The average Bonchev–Trinajstić information content (AvgIpc) is 2.29. The van der Waals surface area contributed by atoms with Gasteiger partial charge < -0.3 is 4.74 Å². The van der Waals surface area contributed by atoms with Crippen LogP contribution in [0.25, 0.3) is 0 Å². The lowest BCUT2D eigenvalue weighted by molar-refractivity contribution is 0.148. The Labute approximate surface area is 101 Å². The Balaban J connectivity index is 2.49. The van der Waals surface area contributed by atoms with Gasteiger partial charge in [-0.05, 0) is 17.7 Å². The molecule has 0 fully saturated rings. The summed E-state index contributed by atoms with van der Waals surface area (Å²) in [6.45, 7) is 3.09. The summed E-state index contributed by atoms with van der Waals surface area (Å²) in [7, 11) is 1.68.